The number of hydrogen-bond donors (Lipinski definition) is 1. The molecule has 0 amide bonds. The van der Waals surface area contributed by atoms with Gasteiger partial charge < -0.3 is 10.1 Å². The van der Waals surface area contributed by atoms with E-state index < -0.39 is 0 Å². The molecular weight excluding hydrogens is 328 g/mol. The van der Waals surface area contributed by atoms with Gasteiger partial charge in [-0.15, -0.1) is 0 Å². The topological polar surface area (TPSA) is 34.1 Å². The van der Waals surface area contributed by atoms with Crippen molar-refractivity contribution in [3.63, 3.8) is 0 Å². The van der Waals surface area contributed by atoms with E-state index in [-0.39, 0.29) is 0 Å². The molecule has 1 saturated carbocycles. The van der Waals surface area contributed by atoms with Crippen molar-refractivity contribution in [3.8, 4) is 5.75 Å². The highest BCUT2D eigenvalue weighted by molar-refractivity contribution is 9.10. The van der Waals surface area contributed by atoms with Crippen molar-refractivity contribution in [2.24, 2.45) is 5.92 Å². The van der Waals surface area contributed by atoms with E-state index in [0.717, 1.165) is 28.4 Å². The van der Waals surface area contributed by atoms with Gasteiger partial charge in [0.2, 0.25) is 0 Å². The van der Waals surface area contributed by atoms with Crippen LogP contribution in [0, 0.1) is 5.92 Å². The Bertz CT molecular complexity index is 603. The molecule has 1 aromatic carbocycles. The first-order chi connectivity index (χ1) is 10.2. The number of pyridine rings is 1. The molecule has 21 heavy (non-hydrogen) atoms. The minimum absolute atomic E-state index is 0.495. The Balaban J connectivity index is 1.65. The van der Waals surface area contributed by atoms with E-state index in [9.17, 15) is 0 Å². The van der Waals surface area contributed by atoms with Crippen LogP contribution in [0.4, 0.5) is 0 Å². The highest BCUT2D eigenvalue weighted by Gasteiger charge is 2.31. The number of benzene rings is 1. The predicted molar refractivity (Wildman–Crippen MR) is 87.1 cm³/mol. The third kappa shape index (κ3) is 4.05. The third-order valence-electron chi connectivity index (χ3n) is 3.79. The van der Waals surface area contributed by atoms with Gasteiger partial charge in [-0.1, -0.05) is 28.9 Å². The summed E-state index contributed by atoms with van der Waals surface area (Å²) >= 11 is 3.53. The Labute approximate surface area is 133 Å². The average Bonchev–Trinajstić information content (AvgIpc) is 3.21. The predicted octanol–water partition coefficient (Wildman–Crippen LogP) is 3.92. The van der Waals surface area contributed by atoms with Gasteiger partial charge in [0.15, 0.2) is 0 Å². The summed E-state index contributed by atoms with van der Waals surface area (Å²) in [7, 11) is 0. The number of aromatic nitrogens is 1. The van der Waals surface area contributed by atoms with Crippen LogP contribution in [0.1, 0.15) is 24.6 Å². The molecule has 3 nitrogen and oxygen atoms in total. The molecule has 110 valence electrons. The SMILES string of the molecule is CC1CC1NCc1cc(Br)ccc1OCc1ccccn1. The van der Waals surface area contributed by atoms with Gasteiger partial charge in [-0.2, -0.15) is 0 Å². The molecular formula is C17H19BrN2O. The van der Waals surface area contributed by atoms with Crippen LogP contribution < -0.4 is 10.1 Å². The molecule has 4 heteroatoms. The lowest BCUT2D eigenvalue weighted by Gasteiger charge is -2.12. The van der Waals surface area contributed by atoms with E-state index >= 15 is 0 Å². The molecule has 0 bridgehead atoms. The largest absolute Gasteiger partial charge is 0.487 e. The Hall–Kier alpha value is -1.39. The maximum atomic E-state index is 5.93. The maximum absolute atomic E-state index is 5.93. The second kappa shape index (κ2) is 6.58. The molecule has 2 atom stereocenters. The van der Waals surface area contributed by atoms with Crippen molar-refractivity contribution in [1.29, 1.82) is 0 Å². The number of halogens is 1. The van der Waals surface area contributed by atoms with Gasteiger partial charge in [-0.05, 0) is 42.7 Å². The molecule has 0 aliphatic heterocycles. The van der Waals surface area contributed by atoms with Crippen LogP contribution in [0.5, 0.6) is 5.75 Å². The lowest BCUT2D eigenvalue weighted by atomic mass is 10.2. The molecule has 0 spiro atoms. The first-order valence-electron chi connectivity index (χ1n) is 7.27. The lowest BCUT2D eigenvalue weighted by Crippen LogP contribution is -2.17. The van der Waals surface area contributed by atoms with Crippen LogP contribution in [0.25, 0.3) is 0 Å². The van der Waals surface area contributed by atoms with E-state index in [2.05, 4.69) is 39.2 Å². The van der Waals surface area contributed by atoms with Crippen molar-refractivity contribution >= 4 is 15.9 Å². The normalized spacial score (nSPS) is 20.3. The highest BCUT2D eigenvalue weighted by Crippen LogP contribution is 2.30. The standard InChI is InChI=1S/C17H19BrN2O/c1-12-8-16(12)20-10-13-9-14(18)5-6-17(13)21-11-15-4-2-3-7-19-15/h2-7,9,12,16,20H,8,10-11H2,1H3. The van der Waals surface area contributed by atoms with E-state index in [4.69, 9.17) is 4.74 Å². The second-order valence-electron chi connectivity index (χ2n) is 5.56. The fourth-order valence-corrected chi connectivity index (χ4v) is 2.72. The number of ether oxygens (including phenoxy) is 1. The molecule has 0 radical (unpaired) electrons. The monoisotopic (exact) mass is 346 g/mol. The first kappa shape index (κ1) is 14.5. The van der Waals surface area contributed by atoms with Gasteiger partial charge in [0.25, 0.3) is 0 Å². The third-order valence-corrected chi connectivity index (χ3v) is 4.28. The minimum atomic E-state index is 0.495. The summed E-state index contributed by atoms with van der Waals surface area (Å²) in [5.74, 6) is 1.72. The molecule has 1 fully saturated rings. The van der Waals surface area contributed by atoms with Crippen molar-refractivity contribution < 1.29 is 4.74 Å². The second-order valence-corrected chi connectivity index (χ2v) is 6.48. The van der Waals surface area contributed by atoms with Crippen LogP contribution in [-0.2, 0) is 13.2 Å². The molecule has 1 aliphatic carbocycles. The van der Waals surface area contributed by atoms with E-state index in [1.54, 1.807) is 6.20 Å². The van der Waals surface area contributed by atoms with Gasteiger partial charge in [-0.3, -0.25) is 4.98 Å². The van der Waals surface area contributed by atoms with Crippen molar-refractivity contribution in [2.45, 2.75) is 32.5 Å². The fourth-order valence-electron chi connectivity index (χ4n) is 2.31. The van der Waals surface area contributed by atoms with Crippen molar-refractivity contribution in [2.75, 3.05) is 0 Å². The molecule has 1 aliphatic rings. The highest BCUT2D eigenvalue weighted by atomic mass is 79.9. The zero-order valence-electron chi connectivity index (χ0n) is 12.1. The first-order valence-corrected chi connectivity index (χ1v) is 8.06. The van der Waals surface area contributed by atoms with Gasteiger partial charge in [0, 0.05) is 28.8 Å². The zero-order valence-corrected chi connectivity index (χ0v) is 13.6. The van der Waals surface area contributed by atoms with E-state index in [1.165, 1.54) is 12.0 Å². The summed E-state index contributed by atoms with van der Waals surface area (Å²) in [5, 5.41) is 3.57. The fraction of sp³-hybridized carbons (Fsp3) is 0.353. The maximum Gasteiger partial charge on any atom is 0.130 e. The van der Waals surface area contributed by atoms with Crippen molar-refractivity contribution in [1.82, 2.24) is 10.3 Å². The molecule has 1 aromatic heterocycles. The Kier molecular flexibility index (Phi) is 4.56. The van der Waals surface area contributed by atoms with E-state index in [0.29, 0.717) is 12.6 Å². The number of nitrogens with zero attached hydrogens (tertiary/aromatic N) is 1. The molecule has 0 saturated heterocycles. The summed E-state index contributed by atoms with van der Waals surface area (Å²) in [4.78, 5) is 4.29. The molecule has 2 aromatic rings. The summed E-state index contributed by atoms with van der Waals surface area (Å²) in [6.07, 6.45) is 3.06. The molecule has 1 N–H and O–H groups in total. The summed E-state index contributed by atoms with van der Waals surface area (Å²) in [6.45, 7) is 3.61. The zero-order chi connectivity index (χ0) is 14.7. The molecule has 3 rings (SSSR count). The van der Waals surface area contributed by atoms with E-state index in [1.807, 2.05) is 30.3 Å². The minimum Gasteiger partial charge on any atom is -0.487 e. The molecule has 2 unspecified atom stereocenters. The quantitative estimate of drug-likeness (QED) is 0.860. The van der Waals surface area contributed by atoms with Gasteiger partial charge >= 0.3 is 0 Å². The summed E-state index contributed by atoms with van der Waals surface area (Å²) < 4.78 is 7.01. The number of hydrogen-bond acceptors (Lipinski definition) is 3. The average molecular weight is 347 g/mol. The van der Waals surface area contributed by atoms with Crippen LogP contribution in [-0.4, -0.2) is 11.0 Å². The van der Waals surface area contributed by atoms with Gasteiger partial charge in [0.1, 0.15) is 12.4 Å². The summed E-state index contributed by atoms with van der Waals surface area (Å²) in [6, 6.07) is 12.7. The number of nitrogens with one attached hydrogen (secondary N) is 1. The Morgan fingerprint density at radius 2 is 2.19 bits per heavy atom. The summed E-state index contributed by atoms with van der Waals surface area (Å²) in [5.41, 5.74) is 2.12. The van der Waals surface area contributed by atoms with Crippen LogP contribution in [0.15, 0.2) is 47.1 Å². The number of rotatable bonds is 6. The van der Waals surface area contributed by atoms with Crippen LogP contribution in [0.2, 0.25) is 0 Å². The Morgan fingerprint density at radius 1 is 1.33 bits per heavy atom. The van der Waals surface area contributed by atoms with Crippen molar-refractivity contribution in [3.05, 3.63) is 58.3 Å². The van der Waals surface area contributed by atoms with Gasteiger partial charge in [0.05, 0.1) is 5.69 Å². The van der Waals surface area contributed by atoms with Crippen LogP contribution in [0.3, 0.4) is 0 Å². The van der Waals surface area contributed by atoms with Gasteiger partial charge in [-0.25, -0.2) is 0 Å². The lowest BCUT2D eigenvalue weighted by molar-refractivity contribution is 0.297. The Morgan fingerprint density at radius 3 is 2.90 bits per heavy atom. The smallest absolute Gasteiger partial charge is 0.130 e. The van der Waals surface area contributed by atoms with Crippen LogP contribution >= 0.6 is 15.9 Å². The molecule has 1 heterocycles.